The lowest BCUT2D eigenvalue weighted by atomic mass is 10.1. The van der Waals surface area contributed by atoms with Crippen LogP contribution in [0.15, 0.2) is 30.6 Å². The molecule has 1 atom stereocenters. The van der Waals surface area contributed by atoms with E-state index in [0.717, 1.165) is 5.56 Å². The highest BCUT2D eigenvalue weighted by Gasteiger charge is 2.16. The van der Waals surface area contributed by atoms with Crippen molar-refractivity contribution in [3.05, 3.63) is 47.5 Å². The normalized spacial score (nSPS) is 12.5. The van der Waals surface area contributed by atoms with Gasteiger partial charge in [0.15, 0.2) is 0 Å². The molecule has 1 N–H and O–H groups in total. The maximum atomic E-state index is 13.8. The first kappa shape index (κ1) is 13.5. The van der Waals surface area contributed by atoms with Crippen LogP contribution in [0.2, 0.25) is 0 Å². The number of aliphatic hydroxyl groups excluding tert-OH is 1. The van der Waals surface area contributed by atoms with Crippen LogP contribution in [0.4, 0.5) is 10.1 Å². The fraction of sp³-hybridized carbons (Fsp3) is 0.357. The second-order valence-electron chi connectivity index (χ2n) is 4.73. The fourth-order valence-corrected chi connectivity index (χ4v) is 2.18. The van der Waals surface area contributed by atoms with Gasteiger partial charge >= 0.3 is 0 Å². The summed E-state index contributed by atoms with van der Waals surface area (Å²) in [6, 6.07) is 4.82. The minimum absolute atomic E-state index is 0.328. The van der Waals surface area contributed by atoms with E-state index < -0.39 is 6.10 Å². The van der Waals surface area contributed by atoms with Crippen LogP contribution < -0.4 is 4.90 Å². The second-order valence-corrected chi connectivity index (χ2v) is 4.73. The average Bonchev–Trinajstić information content (AvgIpc) is 2.73. The van der Waals surface area contributed by atoms with Gasteiger partial charge in [0.1, 0.15) is 5.82 Å². The highest BCUT2D eigenvalue weighted by atomic mass is 19.1. The van der Waals surface area contributed by atoms with E-state index in [9.17, 15) is 9.50 Å². The maximum absolute atomic E-state index is 13.8. The minimum Gasteiger partial charge on any atom is -0.389 e. The van der Waals surface area contributed by atoms with Crippen molar-refractivity contribution >= 4 is 5.69 Å². The minimum atomic E-state index is -0.840. The van der Waals surface area contributed by atoms with E-state index in [0.29, 0.717) is 17.8 Å². The molecule has 1 aromatic carbocycles. The zero-order valence-corrected chi connectivity index (χ0v) is 11.3. The summed E-state index contributed by atoms with van der Waals surface area (Å²) < 4.78 is 15.5. The van der Waals surface area contributed by atoms with E-state index >= 15 is 0 Å². The Hall–Kier alpha value is -1.88. The smallest absolute Gasteiger partial charge is 0.131 e. The fourth-order valence-electron chi connectivity index (χ4n) is 2.18. The van der Waals surface area contributed by atoms with Gasteiger partial charge in [-0.25, -0.2) is 4.39 Å². The second kappa shape index (κ2) is 5.40. The Morgan fingerprint density at radius 3 is 2.79 bits per heavy atom. The number of rotatable bonds is 4. The van der Waals surface area contributed by atoms with E-state index in [2.05, 4.69) is 5.10 Å². The molecule has 0 aliphatic carbocycles. The van der Waals surface area contributed by atoms with Crippen molar-refractivity contribution in [1.82, 2.24) is 9.78 Å². The quantitative estimate of drug-likeness (QED) is 0.920. The summed E-state index contributed by atoms with van der Waals surface area (Å²) in [6.07, 6.45) is 2.85. The first-order chi connectivity index (χ1) is 8.99. The zero-order valence-electron chi connectivity index (χ0n) is 11.3. The summed E-state index contributed by atoms with van der Waals surface area (Å²) in [7, 11) is 3.72. The lowest BCUT2D eigenvalue weighted by Gasteiger charge is -2.23. The van der Waals surface area contributed by atoms with E-state index in [1.807, 2.05) is 31.3 Å². The van der Waals surface area contributed by atoms with Crippen LogP contribution in [-0.4, -0.2) is 21.9 Å². The van der Waals surface area contributed by atoms with Gasteiger partial charge in [0.25, 0.3) is 0 Å². The Labute approximate surface area is 112 Å². The van der Waals surface area contributed by atoms with Gasteiger partial charge in [0.2, 0.25) is 0 Å². The number of aromatic nitrogens is 2. The van der Waals surface area contributed by atoms with Crippen molar-refractivity contribution in [2.24, 2.45) is 7.05 Å². The third-order valence-corrected chi connectivity index (χ3v) is 3.04. The Morgan fingerprint density at radius 1 is 1.47 bits per heavy atom. The van der Waals surface area contributed by atoms with Gasteiger partial charge in [-0.05, 0) is 19.1 Å². The van der Waals surface area contributed by atoms with Crippen molar-refractivity contribution in [1.29, 1.82) is 0 Å². The molecule has 1 heterocycles. The first-order valence-corrected chi connectivity index (χ1v) is 6.14. The molecule has 0 bridgehead atoms. The van der Waals surface area contributed by atoms with Crippen molar-refractivity contribution in [3.63, 3.8) is 0 Å². The van der Waals surface area contributed by atoms with Crippen molar-refractivity contribution in [2.75, 3.05) is 11.9 Å². The molecule has 0 amide bonds. The molecule has 102 valence electrons. The van der Waals surface area contributed by atoms with Crippen LogP contribution in [0.3, 0.4) is 0 Å². The van der Waals surface area contributed by atoms with Crippen LogP contribution in [0.5, 0.6) is 0 Å². The zero-order chi connectivity index (χ0) is 14.0. The molecule has 1 unspecified atom stereocenters. The van der Waals surface area contributed by atoms with Crippen LogP contribution in [-0.2, 0) is 13.6 Å². The molecule has 0 aliphatic heterocycles. The summed E-state index contributed by atoms with van der Waals surface area (Å²) in [5, 5.41) is 13.8. The summed E-state index contributed by atoms with van der Waals surface area (Å²) in [5.74, 6) is -0.384. The molecule has 0 fully saturated rings. The molecule has 0 saturated carbocycles. The van der Waals surface area contributed by atoms with Crippen LogP contribution in [0, 0.1) is 5.82 Å². The molecule has 2 aromatic rings. The Kier molecular flexibility index (Phi) is 3.85. The number of nitrogens with zero attached hydrogens (tertiary/aromatic N) is 3. The Morgan fingerprint density at radius 2 is 2.21 bits per heavy atom. The Balaban J connectivity index is 2.28. The molecule has 0 radical (unpaired) electrons. The van der Waals surface area contributed by atoms with Gasteiger partial charge in [-0.3, -0.25) is 4.68 Å². The van der Waals surface area contributed by atoms with Crippen LogP contribution in [0.25, 0.3) is 0 Å². The predicted octanol–water partition coefficient (Wildman–Crippen LogP) is 2.25. The van der Waals surface area contributed by atoms with Gasteiger partial charge in [-0.1, -0.05) is 6.07 Å². The van der Waals surface area contributed by atoms with Crippen LogP contribution >= 0.6 is 0 Å². The van der Waals surface area contributed by atoms with E-state index in [1.165, 1.54) is 6.07 Å². The molecule has 2 rings (SSSR count). The molecule has 1 aromatic heterocycles. The average molecular weight is 263 g/mol. The van der Waals surface area contributed by atoms with Crippen molar-refractivity contribution < 1.29 is 9.50 Å². The largest absolute Gasteiger partial charge is 0.389 e. The van der Waals surface area contributed by atoms with Gasteiger partial charge in [0.05, 0.1) is 12.3 Å². The number of hydrogen-bond donors (Lipinski definition) is 1. The number of halogens is 1. The summed E-state index contributed by atoms with van der Waals surface area (Å²) >= 11 is 0. The summed E-state index contributed by atoms with van der Waals surface area (Å²) in [5.41, 5.74) is 2.05. The number of benzene rings is 1. The highest BCUT2D eigenvalue weighted by molar-refractivity contribution is 5.54. The molecule has 5 heteroatoms. The van der Waals surface area contributed by atoms with E-state index in [1.54, 1.807) is 23.9 Å². The number of anilines is 1. The Bertz CT molecular complexity index is 566. The maximum Gasteiger partial charge on any atom is 0.131 e. The van der Waals surface area contributed by atoms with E-state index in [4.69, 9.17) is 0 Å². The third kappa shape index (κ3) is 2.93. The third-order valence-electron chi connectivity index (χ3n) is 3.04. The molecule has 19 heavy (non-hydrogen) atoms. The van der Waals surface area contributed by atoms with Gasteiger partial charge < -0.3 is 10.0 Å². The lowest BCUT2D eigenvalue weighted by Crippen LogP contribution is -2.19. The number of aryl methyl sites for hydroxylation is 1. The molecule has 0 spiro atoms. The molecule has 0 aliphatic rings. The molecule has 0 saturated heterocycles. The number of hydrogen-bond acceptors (Lipinski definition) is 3. The molecular formula is C14H18FN3O. The number of aliphatic hydroxyl groups is 1. The van der Waals surface area contributed by atoms with Crippen molar-refractivity contribution in [3.8, 4) is 0 Å². The monoisotopic (exact) mass is 263 g/mol. The van der Waals surface area contributed by atoms with Crippen molar-refractivity contribution in [2.45, 2.75) is 19.6 Å². The van der Waals surface area contributed by atoms with Crippen LogP contribution in [0.1, 0.15) is 24.2 Å². The summed E-state index contributed by atoms with van der Waals surface area (Å²) in [4.78, 5) is 1.90. The lowest BCUT2D eigenvalue weighted by molar-refractivity contribution is 0.194. The topological polar surface area (TPSA) is 41.3 Å². The van der Waals surface area contributed by atoms with Gasteiger partial charge in [-0.2, -0.15) is 5.10 Å². The molecular weight excluding hydrogens is 245 g/mol. The molecule has 4 nitrogen and oxygen atoms in total. The SMILES string of the molecule is CC(O)c1c(F)cccc1N(C)Cc1cnn(C)c1. The first-order valence-electron chi connectivity index (χ1n) is 6.14. The summed E-state index contributed by atoms with van der Waals surface area (Å²) in [6.45, 7) is 2.18. The standard InChI is InChI=1S/C14H18FN3O/c1-10(19)14-12(15)5-4-6-13(14)17(2)8-11-7-16-18(3)9-11/h4-7,9-10,19H,8H2,1-3H3. The van der Waals surface area contributed by atoms with E-state index in [-0.39, 0.29) is 5.82 Å². The predicted molar refractivity (Wildman–Crippen MR) is 72.3 cm³/mol. The highest BCUT2D eigenvalue weighted by Crippen LogP contribution is 2.29. The van der Waals surface area contributed by atoms with Gasteiger partial charge in [0, 0.05) is 43.7 Å². The van der Waals surface area contributed by atoms with Gasteiger partial charge in [-0.15, -0.1) is 0 Å².